The van der Waals surface area contributed by atoms with E-state index in [4.69, 9.17) is 24.7 Å². The molecule has 0 aromatic heterocycles. The Morgan fingerprint density at radius 1 is 1.14 bits per heavy atom. The van der Waals surface area contributed by atoms with Crippen LogP contribution in [0, 0.1) is 17.8 Å². The number of rotatable bonds is 5. The Morgan fingerprint density at radius 2 is 2.00 bits per heavy atom. The Bertz CT molecular complexity index is 2040. The van der Waals surface area contributed by atoms with Gasteiger partial charge in [-0.3, -0.25) is 4.79 Å². The maximum absolute atomic E-state index is 12.2. The summed E-state index contributed by atoms with van der Waals surface area (Å²) in [5.41, 5.74) is 14.1. The molecule has 258 valence electrons. The van der Waals surface area contributed by atoms with Gasteiger partial charge in [-0.2, -0.15) is 0 Å². The highest BCUT2D eigenvalue weighted by Gasteiger charge is 2.51. The summed E-state index contributed by atoms with van der Waals surface area (Å²) in [4.78, 5) is 12.2. The average Bonchev–Trinajstić information content (AvgIpc) is 3.65. The number of allylic oxidation sites excluding steroid dienone is 3. The van der Waals surface area contributed by atoms with Crippen molar-refractivity contribution in [2.75, 3.05) is 20.5 Å². The van der Waals surface area contributed by atoms with E-state index in [2.05, 4.69) is 29.3 Å². The topological polar surface area (TPSA) is 153 Å². The number of aliphatic hydroxyl groups excluding tert-OH is 1. The van der Waals surface area contributed by atoms with Gasteiger partial charge in [0.2, 0.25) is 0 Å². The van der Waals surface area contributed by atoms with Crippen LogP contribution in [0.25, 0.3) is 11.1 Å². The fourth-order valence-electron chi connectivity index (χ4n) is 8.97. The zero-order chi connectivity index (χ0) is 34.7. The number of ether oxygens (including phenoxy) is 4. The highest BCUT2D eigenvalue weighted by molar-refractivity contribution is 5.84. The summed E-state index contributed by atoms with van der Waals surface area (Å²) in [6, 6.07) is 10.9. The molecule has 5 atom stereocenters. The van der Waals surface area contributed by atoms with Gasteiger partial charge in [0.05, 0.1) is 24.9 Å². The van der Waals surface area contributed by atoms with Gasteiger partial charge in [0.1, 0.15) is 30.0 Å². The zero-order valence-electron chi connectivity index (χ0n) is 28.0. The predicted molar refractivity (Wildman–Crippen MR) is 185 cm³/mol. The molecule has 3 aliphatic heterocycles. The van der Waals surface area contributed by atoms with Crippen LogP contribution in [0.4, 0.5) is 0 Å². The number of fused-ring (bicyclic) bond motifs is 6. The summed E-state index contributed by atoms with van der Waals surface area (Å²) < 4.78 is 24.1. The van der Waals surface area contributed by atoms with Crippen LogP contribution in [0.5, 0.6) is 28.7 Å². The second kappa shape index (κ2) is 12.3. The lowest BCUT2D eigenvalue weighted by atomic mass is 9.65. The zero-order valence-corrected chi connectivity index (χ0v) is 28.0. The molecule has 6 N–H and O–H groups in total. The van der Waals surface area contributed by atoms with Gasteiger partial charge >= 0.3 is 5.97 Å². The van der Waals surface area contributed by atoms with E-state index < -0.39 is 18.9 Å². The largest absolute Gasteiger partial charge is 0.508 e. The lowest BCUT2D eigenvalue weighted by molar-refractivity contribution is -0.141. The molecule has 2 aliphatic carbocycles. The van der Waals surface area contributed by atoms with E-state index in [-0.39, 0.29) is 35.6 Å². The molecule has 1 spiro atoms. The molecule has 8 rings (SSSR count). The molecule has 0 saturated heterocycles. The van der Waals surface area contributed by atoms with Gasteiger partial charge in [0.25, 0.3) is 0 Å². The van der Waals surface area contributed by atoms with Gasteiger partial charge in [-0.05, 0) is 90.5 Å². The van der Waals surface area contributed by atoms with Gasteiger partial charge in [0, 0.05) is 47.1 Å². The molecule has 5 unspecified atom stereocenters. The third kappa shape index (κ3) is 5.32. The number of carbonyl (C=O) groups is 1. The third-order valence-electron chi connectivity index (χ3n) is 11.0. The molecule has 3 aromatic carbocycles. The lowest BCUT2D eigenvalue weighted by Gasteiger charge is -2.39. The monoisotopic (exact) mass is 676 g/mol. The number of carbonyl (C=O) groups excluding carboxylic acids is 1. The van der Waals surface area contributed by atoms with Crippen molar-refractivity contribution in [1.82, 2.24) is 5.32 Å². The summed E-state index contributed by atoms with van der Waals surface area (Å²) >= 11 is 0. The van der Waals surface area contributed by atoms with E-state index in [0.717, 1.165) is 81.6 Å². The van der Waals surface area contributed by atoms with Crippen molar-refractivity contribution in [3.8, 4) is 51.7 Å². The first-order chi connectivity index (χ1) is 24.2. The fourth-order valence-corrected chi connectivity index (χ4v) is 8.97. The van der Waals surface area contributed by atoms with Crippen LogP contribution >= 0.6 is 0 Å². The molecule has 0 amide bonds. The van der Waals surface area contributed by atoms with Crippen LogP contribution in [0.15, 0.2) is 59.8 Å². The minimum atomic E-state index is -0.588. The summed E-state index contributed by atoms with van der Waals surface area (Å²) in [7, 11) is 1.51. The molecule has 1 fully saturated rings. The van der Waals surface area contributed by atoms with Crippen molar-refractivity contribution in [2.45, 2.75) is 69.1 Å². The number of hydrogen-bond donors (Lipinski definition) is 5. The van der Waals surface area contributed by atoms with Crippen LogP contribution in [-0.2, 0) is 27.8 Å². The highest BCUT2D eigenvalue weighted by atomic mass is 16.6. The summed E-state index contributed by atoms with van der Waals surface area (Å²) in [6.45, 7) is 0.944. The first kappa shape index (κ1) is 32.1. The Hall–Kier alpha value is -5.11. The molecule has 3 heterocycles. The predicted octanol–water partition coefficient (Wildman–Crippen LogP) is 5.12. The molecule has 5 aliphatic rings. The number of nitrogens with two attached hydrogens (primary N) is 1. The average molecular weight is 677 g/mol. The van der Waals surface area contributed by atoms with Gasteiger partial charge < -0.3 is 45.3 Å². The van der Waals surface area contributed by atoms with Crippen molar-refractivity contribution in [3.05, 3.63) is 87.6 Å². The number of dihydropyridines is 1. The van der Waals surface area contributed by atoms with Crippen molar-refractivity contribution in [3.63, 3.8) is 0 Å². The van der Waals surface area contributed by atoms with E-state index >= 15 is 0 Å². The van der Waals surface area contributed by atoms with Crippen LogP contribution in [0.1, 0.15) is 72.4 Å². The second-order valence-electron chi connectivity index (χ2n) is 14.0. The molecular weight excluding hydrogens is 636 g/mol. The smallest absolute Gasteiger partial charge is 0.302 e. The number of aromatic hydroxyl groups is 2. The third-order valence-corrected chi connectivity index (χ3v) is 11.0. The van der Waals surface area contributed by atoms with Crippen LogP contribution < -0.4 is 25.3 Å². The molecule has 3 aromatic rings. The lowest BCUT2D eigenvalue weighted by Crippen LogP contribution is -2.37. The first-order valence-corrected chi connectivity index (χ1v) is 17.1. The minimum absolute atomic E-state index is 0.0106. The van der Waals surface area contributed by atoms with E-state index in [1.807, 2.05) is 12.1 Å². The normalized spacial score (nSPS) is 25.4. The number of aliphatic hydroxyl groups is 1. The Labute approximate surface area is 290 Å². The van der Waals surface area contributed by atoms with Crippen molar-refractivity contribution in [1.29, 1.82) is 0 Å². The molecule has 4 bridgehead atoms. The number of phenolic OH excluding ortho intramolecular Hbond substituents is 2. The number of methoxy groups -OCH3 is 1. The Kier molecular flexibility index (Phi) is 7.93. The van der Waals surface area contributed by atoms with E-state index in [1.165, 1.54) is 14.0 Å². The van der Waals surface area contributed by atoms with Crippen LogP contribution in [0.3, 0.4) is 0 Å². The number of esters is 1. The van der Waals surface area contributed by atoms with Gasteiger partial charge in [-0.25, -0.2) is 0 Å². The maximum Gasteiger partial charge on any atom is 0.302 e. The summed E-state index contributed by atoms with van der Waals surface area (Å²) in [5.74, 6) is 7.78. The number of benzene rings is 3. The first-order valence-electron chi connectivity index (χ1n) is 17.1. The fraction of sp³-hybridized carbons (Fsp3) is 0.375. The summed E-state index contributed by atoms with van der Waals surface area (Å²) in [5, 5.41) is 34.9. The van der Waals surface area contributed by atoms with E-state index in [9.17, 15) is 20.1 Å². The van der Waals surface area contributed by atoms with Gasteiger partial charge in [-0.15, -0.1) is 0 Å². The second-order valence-corrected chi connectivity index (χ2v) is 14.0. The molecule has 0 radical (unpaired) electrons. The van der Waals surface area contributed by atoms with Crippen molar-refractivity contribution < 1.29 is 39.1 Å². The van der Waals surface area contributed by atoms with Crippen LogP contribution in [-0.4, -0.2) is 48.0 Å². The van der Waals surface area contributed by atoms with E-state index in [1.54, 1.807) is 24.3 Å². The maximum atomic E-state index is 12.2. The SMILES string of the molecule is COc1cc2c(cc1O)CC#CC1=C(C=CC(N)N1)CC1CCC3(Cc4cc(O)cc(OCO)c4-c4ccc5c(c43)OC2C5COC(C)=O)C1. The Morgan fingerprint density at radius 3 is 2.80 bits per heavy atom. The number of hydrogen-bond acceptors (Lipinski definition) is 10. The molecule has 50 heavy (non-hydrogen) atoms. The van der Waals surface area contributed by atoms with Crippen molar-refractivity contribution >= 4 is 5.97 Å². The van der Waals surface area contributed by atoms with E-state index in [0.29, 0.717) is 30.3 Å². The van der Waals surface area contributed by atoms with Gasteiger partial charge in [0.15, 0.2) is 18.3 Å². The minimum Gasteiger partial charge on any atom is -0.508 e. The molecule has 10 heteroatoms. The number of phenols is 2. The van der Waals surface area contributed by atoms with Crippen LogP contribution in [0.2, 0.25) is 0 Å². The Balaban J connectivity index is 1.39. The molecular formula is C40H40N2O8. The van der Waals surface area contributed by atoms with Gasteiger partial charge in [-0.1, -0.05) is 24.1 Å². The molecule has 1 saturated carbocycles. The highest BCUT2D eigenvalue weighted by Crippen LogP contribution is 2.62. The number of nitrogens with one attached hydrogen (secondary N) is 1. The molecule has 10 nitrogen and oxygen atoms in total. The quantitative estimate of drug-likeness (QED) is 0.140. The summed E-state index contributed by atoms with van der Waals surface area (Å²) in [6.07, 6.45) is 7.60. The standard InChI is InChI=1S/C40H40N2O8/c1-21(44)48-19-30-27-7-8-28-36-25(13-26(45)15-34(36)49-20-43)18-40-11-10-22(17-40)12-24-6-9-35(41)42-31(24)5-3-4-23-14-32(46)33(47-2)16-29(23)38(30)50-39(27)37(28)40/h6-9,13-16,22,30,35,38,42-43,45-46H,4,10-12,17-20,41H2,1-2H3. The van der Waals surface area contributed by atoms with Crippen molar-refractivity contribution in [2.24, 2.45) is 11.7 Å².